The Labute approximate surface area is 164 Å². The molecule has 0 saturated heterocycles. The highest BCUT2D eigenvalue weighted by Gasteiger charge is 2.17. The Kier molecular flexibility index (Phi) is 4.76. The zero-order chi connectivity index (χ0) is 19.7. The van der Waals surface area contributed by atoms with Crippen LogP contribution in [-0.4, -0.2) is 49.2 Å². The minimum Gasteiger partial charge on any atom is -0.375 e. The van der Waals surface area contributed by atoms with Gasteiger partial charge in [0, 0.05) is 18.2 Å². The van der Waals surface area contributed by atoms with Crippen molar-refractivity contribution in [3.05, 3.63) is 53.6 Å². The molecule has 0 fully saturated rings. The van der Waals surface area contributed by atoms with Gasteiger partial charge in [-0.3, -0.25) is 4.79 Å². The van der Waals surface area contributed by atoms with Crippen molar-refractivity contribution in [2.45, 2.75) is 6.92 Å². The summed E-state index contributed by atoms with van der Waals surface area (Å²) in [5.74, 6) is 0.692. The third kappa shape index (κ3) is 3.32. The van der Waals surface area contributed by atoms with Gasteiger partial charge in [-0.15, -0.1) is 0 Å². The molecule has 28 heavy (non-hydrogen) atoms. The van der Waals surface area contributed by atoms with E-state index in [0.29, 0.717) is 27.7 Å². The first-order valence-electron chi connectivity index (χ1n) is 8.37. The summed E-state index contributed by atoms with van der Waals surface area (Å²) >= 11 is 6.10. The number of hydrogen-bond donors (Lipinski definition) is 1. The number of carbonyl (C=O) groups excluding carboxylic acids is 1. The highest BCUT2D eigenvalue weighted by molar-refractivity contribution is 6.30. The average Bonchev–Trinajstić information content (AvgIpc) is 3.25. The summed E-state index contributed by atoms with van der Waals surface area (Å²) in [6.45, 7) is 1.77. The second-order valence-electron chi connectivity index (χ2n) is 6.03. The molecule has 4 rings (SSSR count). The van der Waals surface area contributed by atoms with Crippen LogP contribution in [-0.2, 0) is 9.53 Å². The molecule has 0 saturated carbocycles. The summed E-state index contributed by atoms with van der Waals surface area (Å²) in [5, 5.41) is 12.9. The number of benzene rings is 1. The Morgan fingerprint density at radius 1 is 1.25 bits per heavy atom. The highest BCUT2D eigenvalue weighted by atomic mass is 35.5. The van der Waals surface area contributed by atoms with E-state index in [4.69, 9.17) is 16.3 Å². The fraction of sp³-hybridized carbons (Fsp3) is 0.167. The van der Waals surface area contributed by atoms with Gasteiger partial charge >= 0.3 is 0 Å². The van der Waals surface area contributed by atoms with Crippen LogP contribution in [0.15, 0.2) is 42.9 Å². The largest absolute Gasteiger partial charge is 0.375 e. The van der Waals surface area contributed by atoms with E-state index in [9.17, 15) is 4.79 Å². The van der Waals surface area contributed by atoms with Gasteiger partial charge < -0.3 is 10.1 Å². The van der Waals surface area contributed by atoms with E-state index in [1.54, 1.807) is 33.8 Å². The maximum atomic E-state index is 12.0. The molecule has 1 amide bonds. The van der Waals surface area contributed by atoms with Crippen molar-refractivity contribution in [3.8, 4) is 11.5 Å². The number of nitrogens with one attached hydrogen (secondary N) is 1. The average molecular weight is 398 g/mol. The Morgan fingerprint density at radius 2 is 2.11 bits per heavy atom. The summed E-state index contributed by atoms with van der Waals surface area (Å²) in [6, 6.07) is 9.06. The number of ether oxygens (including phenoxy) is 1. The molecule has 0 unspecified atom stereocenters. The van der Waals surface area contributed by atoms with E-state index in [1.165, 1.54) is 13.4 Å². The Balaban J connectivity index is 1.82. The minimum absolute atomic E-state index is 0.0594. The minimum atomic E-state index is -0.288. The summed E-state index contributed by atoms with van der Waals surface area (Å²) in [5.41, 5.74) is 2.09. The molecule has 0 aliphatic rings. The molecule has 9 nitrogen and oxygen atoms in total. The topological polar surface area (TPSA) is 99.8 Å². The molecule has 0 aliphatic heterocycles. The molecule has 0 aliphatic carbocycles. The van der Waals surface area contributed by atoms with E-state index in [1.807, 2.05) is 19.1 Å². The van der Waals surface area contributed by atoms with Crippen molar-refractivity contribution >= 4 is 34.4 Å². The van der Waals surface area contributed by atoms with Crippen molar-refractivity contribution in [3.63, 3.8) is 0 Å². The predicted molar refractivity (Wildman–Crippen MR) is 104 cm³/mol. The SMILES string of the molecule is COCC(=O)Nc1cc(C)nn1-c1ncnc2c1cnn2-c1cccc(Cl)c1. The number of halogens is 1. The second-order valence-corrected chi connectivity index (χ2v) is 6.47. The lowest BCUT2D eigenvalue weighted by molar-refractivity contribution is -0.119. The monoisotopic (exact) mass is 397 g/mol. The first kappa shape index (κ1) is 18.1. The molecular weight excluding hydrogens is 382 g/mol. The van der Waals surface area contributed by atoms with Crippen molar-refractivity contribution in [2.75, 3.05) is 19.0 Å². The molecule has 0 bridgehead atoms. The first-order chi connectivity index (χ1) is 13.6. The number of nitrogens with zero attached hydrogens (tertiary/aromatic N) is 6. The third-order valence-corrected chi connectivity index (χ3v) is 4.21. The van der Waals surface area contributed by atoms with Crippen LogP contribution < -0.4 is 5.32 Å². The lowest BCUT2D eigenvalue weighted by Gasteiger charge is -2.09. The standard InChI is InChI=1S/C18H16ClN7O2/c1-11-6-15(23-16(27)9-28-2)26(24-11)18-14-8-22-25(17(14)20-10-21-18)13-5-3-4-12(19)7-13/h3-8,10H,9H2,1-2H3,(H,23,27). The summed E-state index contributed by atoms with van der Waals surface area (Å²) < 4.78 is 8.09. The molecule has 142 valence electrons. The fourth-order valence-electron chi connectivity index (χ4n) is 2.86. The Bertz CT molecular complexity index is 1170. The van der Waals surface area contributed by atoms with Crippen LogP contribution in [0.3, 0.4) is 0 Å². The molecule has 3 aromatic heterocycles. The maximum Gasteiger partial charge on any atom is 0.251 e. The molecule has 0 spiro atoms. The van der Waals surface area contributed by atoms with Gasteiger partial charge in [0.25, 0.3) is 5.91 Å². The summed E-state index contributed by atoms with van der Waals surface area (Å²) in [4.78, 5) is 20.7. The van der Waals surface area contributed by atoms with Crippen LogP contribution >= 0.6 is 11.6 Å². The van der Waals surface area contributed by atoms with Gasteiger partial charge in [0.1, 0.15) is 18.8 Å². The molecule has 0 atom stereocenters. The molecule has 0 radical (unpaired) electrons. The number of anilines is 1. The number of carbonyl (C=O) groups is 1. The van der Waals surface area contributed by atoms with E-state index < -0.39 is 0 Å². The van der Waals surface area contributed by atoms with Crippen molar-refractivity contribution in [1.82, 2.24) is 29.5 Å². The van der Waals surface area contributed by atoms with Crippen LogP contribution in [0.4, 0.5) is 5.82 Å². The number of amides is 1. The lowest BCUT2D eigenvalue weighted by atomic mass is 10.3. The Hall–Kier alpha value is -3.30. The second kappa shape index (κ2) is 7.37. The number of aromatic nitrogens is 6. The number of hydrogen-bond acceptors (Lipinski definition) is 6. The first-order valence-corrected chi connectivity index (χ1v) is 8.75. The molecule has 1 aromatic carbocycles. The fourth-order valence-corrected chi connectivity index (χ4v) is 3.04. The van der Waals surface area contributed by atoms with Crippen LogP contribution in [0.2, 0.25) is 5.02 Å². The van der Waals surface area contributed by atoms with Crippen LogP contribution in [0.5, 0.6) is 0 Å². The molecule has 3 heterocycles. The summed E-state index contributed by atoms with van der Waals surface area (Å²) in [7, 11) is 1.46. The zero-order valence-corrected chi connectivity index (χ0v) is 15.9. The van der Waals surface area contributed by atoms with Crippen molar-refractivity contribution in [1.29, 1.82) is 0 Å². The van der Waals surface area contributed by atoms with Crippen molar-refractivity contribution < 1.29 is 9.53 Å². The van der Waals surface area contributed by atoms with E-state index in [-0.39, 0.29) is 12.5 Å². The Morgan fingerprint density at radius 3 is 2.89 bits per heavy atom. The molecule has 4 aromatic rings. The van der Waals surface area contributed by atoms with Crippen LogP contribution in [0, 0.1) is 6.92 Å². The summed E-state index contributed by atoms with van der Waals surface area (Å²) in [6.07, 6.45) is 3.08. The van der Waals surface area contributed by atoms with Gasteiger partial charge in [0.15, 0.2) is 11.5 Å². The van der Waals surface area contributed by atoms with Gasteiger partial charge in [-0.2, -0.15) is 14.9 Å². The lowest BCUT2D eigenvalue weighted by Crippen LogP contribution is -2.19. The number of methoxy groups -OCH3 is 1. The smallest absolute Gasteiger partial charge is 0.251 e. The molecule has 1 N–H and O–H groups in total. The number of aryl methyl sites for hydroxylation is 1. The van der Waals surface area contributed by atoms with Gasteiger partial charge in [-0.25, -0.2) is 14.6 Å². The normalized spacial score (nSPS) is 11.1. The quantitative estimate of drug-likeness (QED) is 0.555. The number of fused-ring (bicyclic) bond motifs is 1. The van der Waals surface area contributed by atoms with Gasteiger partial charge in [0.2, 0.25) is 0 Å². The van der Waals surface area contributed by atoms with Crippen LogP contribution in [0.25, 0.3) is 22.5 Å². The predicted octanol–water partition coefficient (Wildman–Crippen LogP) is 2.55. The van der Waals surface area contributed by atoms with Gasteiger partial charge in [-0.1, -0.05) is 17.7 Å². The van der Waals surface area contributed by atoms with Gasteiger partial charge in [0.05, 0.1) is 23.0 Å². The highest BCUT2D eigenvalue weighted by Crippen LogP contribution is 2.24. The number of rotatable bonds is 5. The van der Waals surface area contributed by atoms with E-state index in [0.717, 1.165) is 11.4 Å². The van der Waals surface area contributed by atoms with E-state index >= 15 is 0 Å². The van der Waals surface area contributed by atoms with Crippen LogP contribution in [0.1, 0.15) is 5.69 Å². The van der Waals surface area contributed by atoms with Crippen molar-refractivity contribution in [2.24, 2.45) is 0 Å². The molecular formula is C18H16ClN7O2. The third-order valence-electron chi connectivity index (χ3n) is 3.97. The maximum absolute atomic E-state index is 12.0. The van der Waals surface area contributed by atoms with Gasteiger partial charge in [-0.05, 0) is 25.1 Å². The molecule has 10 heteroatoms. The van der Waals surface area contributed by atoms with E-state index in [2.05, 4.69) is 25.5 Å². The zero-order valence-electron chi connectivity index (χ0n) is 15.1.